The Bertz CT molecular complexity index is 1460. The van der Waals surface area contributed by atoms with E-state index in [4.69, 9.17) is 0 Å². The molecule has 170 valence electrons. The van der Waals surface area contributed by atoms with Crippen molar-refractivity contribution in [1.82, 2.24) is 14.5 Å². The molecule has 0 unspecified atom stereocenters. The molecule has 0 radical (unpaired) electrons. The van der Waals surface area contributed by atoms with E-state index in [1.54, 1.807) is 6.07 Å². The minimum atomic E-state index is 0.0649. The number of aryl methyl sites for hydroxylation is 1. The molecule has 1 saturated heterocycles. The van der Waals surface area contributed by atoms with Gasteiger partial charge in [-0.3, -0.25) is 4.79 Å². The molecule has 1 aliphatic rings. The lowest BCUT2D eigenvalue weighted by atomic mass is 10.0. The number of aromatic amines is 1. The second-order valence-corrected chi connectivity index (χ2v) is 9.55. The SMILES string of the molecule is CCCc1cc2c(=O)c3c4ccc(C#N)cc4[nH]c3n(C(C)C)c2cc1N1CCN(C)CC1. The second kappa shape index (κ2) is 8.24. The number of fused-ring (bicyclic) bond motifs is 4. The Morgan fingerprint density at radius 1 is 1.09 bits per heavy atom. The number of hydrogen-bond acceptors (Lipinski definition) is 4. The fourth-order valence-corrected chi connectivity index (χ4v) is 5.27. The normalized spacial score (nSPS) is 15.2. The van der Waals surface area contributed by atoms with Gasteiger partial charge < -0.3 is 19.4 Å². The van der Waals surface area contributed by atoms with E-state index in [1.807, 2.05) is 12.1 Å². The molecule has 33 heavy (non-hydrogen) atoms. The first-order chi connectivity index (χ1) is 15.9. The zero-order valence-corrected chi connectivity index (χ0v) is 19.9. The third-order valence-electron chi connectivity index (χ3n) is 6.96. The monoisotopic (exact) mass is 441 g/mol. The number of nitrogens with zero attached hydrogens (tertiary/aromatic N) is 4. The number of hydrogen-bond donors (Lipinski definition) is 1. The molecule has 0 atom stereocenters. The van der Waals surface area contributed by atoms with E-state index in [0.717, 1.165) is 66.5 Å². The first kappa shape index (κ1) is 21.5. The highest BCUT2D eigenvalue weighted by molar-refractivity contribution is 6.10. The molecule has 0 saturated carbocycles. The summed E-state index contributed by atoms with van der Waals surface area (Å²) in [7, 11) is 2.17. The van der Waals surface area contributed by atoms with E-state index in [1.165, 1.54) is 11.3 Å². The highest BCUT2D eigenvalue weighted by atomic mass is 16.1. The number of H-pyrrole nitrogens is 1. The lowest BCUT2D eigenvalue weighted by Gasteiger charge is -2.35. The van der Waals surface area contributed by atoms with Crippen LogP contribution < -0.4 is 10.3 Å². The standard InChI is InChI=1S/C27H31N5O/c1-5-6-19-14-21-24(15-23(19)31-11-9-30(4)10-12-31)32(17(2)3)27-25(26(21)33)20-8-7-18(16-28)13-22(20)29-27/h7-8,13-15,17,29H,5-6,9-12H2,1-4H3. The van der Waals surface area contributed by atoms with Crippen molar-refractivity contribution in [2.75, 3.05) is 38.1 Å². The fraction of sp³-hybridized carbons (Fsp3) is 0.407. The summed E-state index contributed by atoms with van der Waals surface area (Å²) < 4.78 is 2.26. The van der Waals surface area contributed by atoms with Crippen molar-refractivity contribution < 1.29 is 0 Å². The van der Waals surface area contributed by atoms with Gasteiger partial charge in [-0.15, -0.1) is 0 Å². The fourth-order valence-electron chi connectivity index (χ4n) is 5.27. The molecule has 2 aromatic heterocycles. The predicted octanol–water partition coefficient (Wildman–Crippen LogP) is 4.79. The van der Waals surface area contributed by atoms with Gasteiger partial charge in [-0.05, 0) is 57.1 Å². The Labute approximate surface area is 194 Å². The van der Waals surface area contributed by atoms with Crippen LogP contribution in [0.1, 0.15) is 44.4 Å². The number of rotatable bonds is 4. The number of nitrogens with one attached hydrogen (secondary N) is 1. The van der Waals surface area contributed by atoms with Gasteiger partial charge in [-0.25, -0.2) is 0 Å². The van der Waals surface area contributed by atoms with Gasteiger partial charge in [-0.2, -0.15) is 5.26 Å². The number of nitriles is 1. The summed E-state index contributed by atoms with van der Waals surface area (Å²) in [6, 6.07) is 12.3. The van der Waals surface area contributed by atoms with Gasteiger partial charge in [0, 0.05) is 54.2 Å². The lowest BCUT2D eigenvalue weighted by Crippen LogP contribution is -2.44. The van der Waals surface area contributed by atoms with Crippen LogP contribution in [-0.2, 0) is 6.42 Å². The largest absolute Gasteiger partial charge is 0.369 e. The molecule has 3 heterocycles. The Morgan fingerprint density at radius 2 is 1.85 bits per heavy atom. The molecule has 5 rings (SSSR count). The van der Waals surface area contributed by atoms with Gasteiger partial charge in [0.2, 0.25) is 0 Å². The third-order valence-corrected chi connectivity index (χ3v) is 6.96. The third kappa shape index (κ3) is 3.48. The quantitative estimate of drug-likeness (QED) is 0.494. The molecule has 1 fully saturated rings. The maximum Gasteiger partial charge on any atom is 0.199 e. The molecule has 4 aromatic rings. The molecule has 0 aliphatic carbocycles. The van der Waals surface area contributed by atoms with Gasteiger partial charge in [0.25, 0.3) is 0 Å². The van der Waals surface area contributed by atoms with Gasteiger partial charge >= 0.3 is 0 Å². The van der Waals surface area contributed by atoms with Gasteiger partial charge in [0.15, 0.2) is 5.43 Å². The summed E-state index contributed by atoms with van der Waals surface area (Å²) in [4.78, 5) is 22.2. The minimum Gasteiger partial charge on any atom is -0.369 e. The average Bonchev–Trinajstić information content (AvgIpc) is 3.18. The van der Waals surface area contributed by atoms with E-state index >= 15 is 0 Å². The van der Waals surface area contributed by atoms with Crippen LogP contribution in [-0.4, -0.2) is 47.7 Å². The topological polar surface area (TPSA) is 68.1 Å². The summed E-state index contributed by atoms with van der Waals surface area (Å²) in [6.07, 6.45) is 1.99. The van der Waals surface area contributed by atoms with Crippen LogP contribution in [0.15, 0.2) is 35.1 Å². The van der Waals surface area contributed by atoms with Crippen LogP contribution in [0.3, 0.4) is 0 Å². The van der Waals surface area contributed by atoms with E-state index in [2.05, 4.69) is 65.4 Å². The van der Waals surface area contributed by atoms with Crippen LogP contribution >= 0.6 is 0 Å². The molecule has 0 bridgehead atoms. The van der Waals surface area contributed by atoms with Crippen molar-refractivity contribution in [3.05, 3.63) is 51.7 Å². The summed E-state index contributed by atoms with van der Waals surface area (Å²) in [6.45, 7) is 10.6. The number of aromatic nitrogens is 2. The van der Waals surface area contributed by atoms with Crippen molar-refractivity contribution in [2.24, 2.45) is 0 Å². The van der Waals surface area contributed by atoms with E-state index < -0.39 is 0 Å². The number of pyridine rings is 1. The van der Waals surface area contributed by atoms with Gasteiger partial charge in [0.1, 0.15) is 5.65 Å². The van der Waals surface area contributed by atoms with Gasteiger partial charge in [-0.1, -0.05) is 19.4 Å². The number of benzene rings is 2. The molecule has 2 aromatic carbocycles. The van der Waals surface area contributed by atoms with E-state index in [0.29, 0.717) is 10.9 Å². The minimum absolute atomic E-state index is 0.0649. The second-order valence-electron chi connectivity index (χ2n) is 9.55. The summed E-state index contributed by atoms with van der Waals surface area (Å²) in [5.74, 6) is 0. The van der Waals surface area contributed by atoms with Crippen molar-refractivity contribution in [2.45, 2.75) is 39.7 Å². The molecule has 1 N–H and O–H groups in total. The Morgan fingerprint density at radius 3 is 2.52 bits per heavy atom. The first-order valence-electron chi connectivity index (χ1n) is 11.9. The zero-order chi connectivity index (χ0) is 23.3. The van der Waals surface area contributed by atoms with Crippen LogP contribution in [0.4, 0.5) is 5.69 Å². The molecule has 0 spiro atoms. The van der Waals surface area contributed by atoms with Crippen molar-refractivity contribution >= 4 is 38.5 Å². The van der Waals surface area contributed by atoms with Crippen LogP contribution in [0.25, 0.3) is 32.8 Å². The number of likely N-dealkylation sites (N-methyl/N-ethyl adjacent to an activating group) is 1. The Hall–Kier alpha value is -3.30. The molecule has 1 aliphatic heterocycles. The summed E-state index contributed by atoms with van der Waals surface area (Å²) in [5, 5.41) is 11.7. The van der Waals surface area contributed by atoms with Crippen molar-refractivity contribution in [1.29, 1.82) is 5.26 Å². The maximum absolute atomic E-state index is 13.9. The first-order valence-corrected chi connectivity index (χ1v) is 11.9. The van der Waals surface area contributed by atoms with E-state index in [9.17, 15) is 10.1 Å². The van der Waals surface area contributed by atoms with Crippen LogP contribution in [0.2, 0.25) is 0 Å². The molecular weight excluding hydrogens is 410 g/mol. The highest BCUT2D eigenvalue weighted by Gasteiger charge is 2.22. The van der Waals surface area contributed by atoms with Gasteiger partial charge in [0.05, 0.1) is 22.5 Å². The number of piperazine rings is 1. The van der Waals surface area contributed by atoms with Crippen molar-refractivity contribution in [3.8, 4) is 6.07 Å². The Kier molecular flexibility index (Phi) is 5.38. The van der Waals surface area contributed by atoms with Crippen LogP contribution in [0.5, 0.6) is 0 Å². The smallest absolute Gasteiger partial charge is 0.199 e. The molecular formula is C27H31N5O. The maximum atomic E-state index is 13.9. The average molecular weight is 442 g/mol. The zero-order valence-electron chi connectivity index (χ0n) is 19.9. The van der Waals surface area contributed by atoms with Crippen LogP contribution in [0, 0.1) is 11.3 Å². The Balaban J connectivity index is 1.86. The molecule has 6 nitrogen and oxygen atoms in total. The van der Waals surface area contributed by atoms with E-state index in [-0.39, 0.29) is 11.5 Å². The number of anilines is 1. The van der Waals surface area contributed by atoms with Crippen molar-refractivity contribution in [3.63, 3.8) is 0 Å². The lowest BCUT2D eigenvalue weighted by molar-refractivity contribution is 0.312. The summed E-state index contributed by atoms with van der Waals surface area (Å²) >= 11 is 0. The molecule has 0 amide bonds. The predicted molar refractivity (Wildman–Crippen MR) is 136 cm³/mol. The summed E-state index contributed by atoms with van der Waals surface area (Å²) in [5.41, 5.74) is 5.81. The molecule has 6 heteroatoms. The highest BCUT2D eigenvalue weighted by Crippen LogP contribution is 2.33.